The van der Waals surface area contributed by atoms with Crippen LogP contribution in [0.2, 0.25) is 0 Å². The monoisotopic (exact) mass is 248 g/mol. The molecule has 1 fully saturated rings. The first-order valence-electron chi connectivity index (χ1n) is 5.30. The Morgan fingerprint density at radius 3 is 2.78 bits per heavy atom. The van der Waals surface area contributed by atoms with Crippen LogP contribution in [-0.2, 0) is 4.79 Å². The lowest BCUT2D eigenvalue weighted by molar-refractivity contribution is -0.117. The molecule has 1 aromatic rings. The minimum atomic E-state index is -0.124. The van der Waals surface area contributed by atoms with Gasteiger partial charge in [0.25, 0.3) is 0 Å². The minimum Gasteiger partial charge on any atom is -0.382 e. The van der Waals surface area contributed by atoms with Crippen LogP contribution >= 0.6 is 0 Å². The summed E-state index contributed by atoms with van der Waals surface area (Å²) in [6.45, 7) is 0.672. The van der Waals surface area contributed by atoms with E-state index in [-0.39, 0.29) is 30.0 Å². The topological polar surface area (TPSA) is 147 Å². The van der Waals surface area contributed by atoms with E-state index in [1.54, 1.807) is 0 Å². The van der Waals surface area contributed by atoms with Crippen molar-refractivity contribution in [3.05, 3.63) is 16.8 Å². The van der Waals surface area contributed by atoms with Crippen LogP contribution in [0.15, 0.2) is 11.4 Å². The van der Waals surface area contributed by atoms with E-state index >= 15 is 0 Å². The van der Waals surface area contributed by atoms with E-state index in [0.717, 1.165) is 0 Å². The molecule has 4 N–H and O–H groups in total. The summed E-state index contributed by atoms with van der Waals surface area (Å²) in [5.74, 6) is 0.175. The molecule has 1 saturated heterocycles. The van der Waals surface area contributed by atoms with Crippen molar-refractivity contribution in [3.8, 4) is 0 Å². The molecule has 0 radical (unpaired) electrons. The van der Waals surface area contributed by atoms with Crippen LogP contribution in [0.1, 0.15) is 6.42 Å². The Bertz CT molecular complexity index is 503. The largest absolute Gasteiger partial charge is 0.382 e. The van der Waals surface area contributed by atoms with Gasteiger partial charge in [0, 0.05) is 24.4 Å². The van der Waals surface area contributed by atoms with E-state index in [2.05, 4.69) is 20.0 Å². The number of aromatic nitrogens is 2. The number of anilines is 3. The molecule has 1 aromatic heterocycles. The molecule has 1 unspecified atom stereocenters. The first-order valence-corrected chi connectivity index (χ1v) is 5.30. The number of nitrogen functional groups attached to an aromatic ring is 2. The number of rotatable bonds is 3. The molecule has 0 saturated carbocycles. The standard InChI is InChI=1S/C9H12N8O/c10-8-7(9(11)14-4-13-8)17-3-5(1-6(17)18)2-15-16-12/h4-5H,1-3H2,(H4,10,11,13,14). The van der Waals surface area contributed by atoms with Gasteiger partial charge in [-0.1, -0.05) is 5.11 Å². The van der Waals surface area contributed by atoms with Gasteiger partial charge in [-0.05, 0) is 11.4 Å². The summed E-state index contributed by atoms with van der Waals surface area (Å²) in [6.07, 6.45) is 1.54. The summed E-state index contributed by atoms with van der Waals surface area (Å²) in [6, 6.07) is 0. The average Bonchev–Trinajstić information content (AvgIpc) is 2.68. The maximum Gasteiger partial charge on any atom is 0.227 e. The molecule has 2 heterocycles. The van der Waals surface area contributed by atoms with E-state index in [0.29, 0.717) is 18.7 Å². The number of nitrogens with two attached hydrogens (primary N) is 2. The Morgan fingerprint density at radius 1 is 1.50 bits per heavy atom. The lowest BCUT2D eigenvalue weighted by Crippen LogP contribution is -2.27. The van der Waals surface area contributed by atoms with Crippen molar-refractivity contribution in [3.63, 3.8) is 0 Å². The highest BCUT2D eigenvalue weighted by atomic mass is 16.2. The van der Waals surface area contributed by atoms with E-state index in [1.807, 2.05) is 0 Å². The van der Waals surface area contributed by atoms with Gasteiger partial charge in [-0.3, -0.25) is 4.79 Å². The third-order valence-corrected chi connectivity index (χ3v) is 2.76. The fourth-order valence-corrected chi connectivity index (χ4v) is 1.96. The van der Waals surface area contributed by atoms with E-state index < -0.39 is 0 Å². The SMILES string of the molecule is [N-]=[N+]=NCC1CC(=O)N(c2c(N)ncnc2N)C1. The Morgan fingerprint density at radius 2 is 2.17 bits per heavy atom. The van der Waals surface area contributed by atoms with Gasteiger partial charge in [0.2, 0.25) is 5.91 Å². The zero-order chi connectivity index (χ0) is 13.1. The highest BCUT2D eigenvalue weighted by Gasteiger charge is 2.32. The number of nitrogens with zero attached hydrogens (tertiary/aromatic N) is 6. The van der Waals surface area contributed by atoms with Crippen molar-refractivity contribution in [2.24, 2.45) is 11.0 Å². The lowest BCUT2D eigenvalue weighted by atomic mass is 10.1. The summed E-state index contributed by atoms with van der Waals surface area (Å²) in [5, 5.41) is 3.47. The van der Waals surface area contributed by atoms with Gasteiger partial charge >= 0.3 is 0 Å². The summed E-state index contributed by atoms with van der Waals surface area (Å²) in [5.41, 5.74) is 20.0. The van der Waals surface area contributed by atoms with Gasteiger partial charge in [0.15, 0.2) is 11.6 Å². The van der Waals surface area contributed by atoms with Crippen LogP contribution in [0.4, 0.5) is 17.3 Å². The Balaban J connectivity index is 2.24. The van der Waals surface area contributed by atoms with Gasteiger partial charge in [0.05, 0.1) is 0 Å². The smallest absolute Gasteiger partial charge is 0.227 e. The van der Waals surface area contributed by atoms with Gasteiger partial charge in [0.1, 0.15) is 12.0 Å². The third-order valence-electron chi connectivity index (χ3n) is 2.76. The van der Waals surface area contributed by atoms with Gasteiger partial charge in [-0.2, -0.15) is 0 Å². The second-order valence-electron chi connectivity index (χ2n) is 3.98. The minimum absolute atomic E-state index is 0.0348. The van der Waals surface area contributed by atoms with Crippen LogP contribution in [0.25, 0.3) is 10.4 Å². The quantitative estimate of drug-likeness (QED) is 0.448. The average molecular weight is 248 g/mol. The number of azide groups is 1. The molecule has 0 aliphatic carbocycles. The fourth-order valence-electron chi connectivity index (χ4n) is 1.96. The normalized spacial score (nSPS) is 18.8. The van der Waals surface area contributed by atoms with Crippen molar-refractivity contribution in [2.45, 2.75) is 6.42 Å². The molecule has 2 rings (SSSR count). The number of amides is 1. The summed E-state index contributed by atoms with van der Waals surface area (Å²) in [7, 11) is 0. The fraction of sp³-hybridized carbons (Fsp3) is 0.444. The van der Waals surface area contributed by atoms with Crippen LogP contribution in [0, 0.1) is 5.92 Å². The van der Waals surface area contributed by atoms with Gasteiger partial charge in [-0.25, -0.2) is 9.97 Å². The molecule has 0 bridgehead atoms. The maximum atomic E-state index is 11.9. The molecular formula is C9H12N8O. The van der Waals surface area contributed by atoms with Crippen molar-refractivity contribution in [2.75, 3.05) is 29.5 Å². The lowest BCUT2D eigenvalue weighted by Gasteiger charge is -2.18. The zero-order valence-corrected chi connectivity index (χ0v) is 9.52. The molecule has 1 aliphatic rings. The first kappa shape index (κ1) is 11.9. The summed E-state index contributed by atoms with van der Waals surface area (Å²) in [4.78, 5) is 23.6. The maximum absolute atomic E-state index is 11.9. The van der Waals surface area contributed by atoms with Crippen LogP contribution in [-0.4, -0.2) is 29.0 Å². The number of hydrogen-bond donors (Lipinski definition) is 2. The van der Waals surface area contributed by atoms with Gasteiger partial charge < -0.3 is 16.4 Å². The molecule has 0 aromatic carbocycles. The number of carbonyl (C=O) groups is 1. The molecule has 9 heteroatoms. The van der Waals surface area contributed by atoms with Crippen molar-refractivity contribution in [1.82, 2.24) is 9.97 Å². The first-order chi connectivity index (χ1) is 8.63. The van der Waals surface area contributed by atoms with Crippen molar-refractivity contribution in [1.29, 1.82) is 0 Å². The molecule has 1 atom stereocenters. The summed E-state index contributed by atoms with van der Waals surface area (Å²) < 4.78 is 0. The molecular weight excluding hydrogens is 236 g/mol. The molecule has 1 amide bonds. The van der Waals surface area contributed by atoms with E-state index in [1.165, 1.54) is 11.2 Å². The van der Waals surface area contributed by atoms with Crippen LogP contribution in [0.5, 0.6) is 0 Å². The molecule has 0 spiro atoms. The molecule has 1 aliphatic heterocycles. The second-order valence-corrected chi connectivity index (χ2v) is 3.98. The highest BCUT2D eigenvalue weighted by molar-refractivity contribution is 6.00. The Kier molecular flexibility index (Phi) is 3.16. The Labute approximate surface area is 102 Å². The Hall–Kier alpha value is -2.54. The van der Waals surface area contributed by atoms with Gasteiger partial charge in [-0.15, -0.1) is 0 Å². The second kappa shape index (κ2) is 4.76. The molecule has 9 nitrogen and oxygen atoms in total. The van der Waals surface area contributed by atoms with E-state index in [9.17, 15) is 4.79 Å². The summed E-state index contributed by atoms with van der Waals surface area (Å²) >= 11 is 0. The predicted octanol–water partition coefficient (Wildman–Crippen LogP) is 0.304. The zero-order valence-electron chi connectivity index (χ0n) is 9.52. The van der Waals surface area contributed by atoms with Crippen molar-refractivity contribution >= 4 is 23.2 Å². The number of hydrogen-bond acceptors (Lipinski definition) is 6. The molecule has 18 heavy (non-hydrogen) atoms. The molecule has 94 valence electrons. The van der Waals surface area contributed by atoms with Crippen LogP contribution < -0.4 is 16.4 Å². The number of carbonyl (C=O) groups excluding carboxylic acids is 1. The van der Waals surface area contributed by atoms with Crippen LogP contribution in [0.3, 0.4) is 0 Å². The highest BCUT2D eigenvalue weighted by Crippen LogP contribution is 2.32. The van der Waals surface area contributed by atoms with Crippen molar-refractivity contribution < 1.29 is 4.79 Å². The predicted molar refractivity (Wildman–Crippen MR) is 65.3 cm³/mol. The third kappa shape index (κ3) is 2.11. The van der Waals surface area contributed by atoms with E-state index in [4.69, 9.17) is 17.0 Å².